The third kappa shape index (κ3) is 8.73. The van der Waals surface area contributed by atoms with Gasteiger partial charge in [-0.1, -0.05) is 43.2 Å². The molecule has 0 unspecified atom stereocenters. The van der Waals surface area contributed by atoms with Crippen LogP contribution in [0, 0.1) is 29.5 Å². The highest BCUT2D eigenvalue weighted by molar-refractivity contribution is 7.91. The lowest BCUT2D eigenvalue weighted by atomic mass is 9.92. The predicted octanol–water partition coefficient (Wildman–Crippen LogP) is 4.45. The number of likely N-dealkylation sites (tertiary alicyclic amines) is 1. The third-order valence-electron chi connectivity index (χ3n) is 11.8. The molecule has 2 aromatic rings. The Balaban J connectivity index is 1.18. The van der Waals surface area contributed by atoms with Crippen molar-refractivity contribution in [1.82, 2.24) is 19.8 Å². The van der Waals surface area contributed by atoms with Crippen molar-refractivity contribution in [2.75, 3.05) is 19.6 Å². The Labute approximate surface area is 332 Å². The highest BCUT2D eigenvalue weighted by atomic mass is 32.2. The molecule has 0 aromatic heterocycles. The Morgan fingerprint density at radius 3 is 2.47 bits per heavy atom. The van der Waals surface area contributed by atoms with Gasteiger partial charge in [0.05, 0.1) is 11.7 Å². The number of ether oxygens (including phenoxy) is 1. The molecule has 0 radical (unpaired) electrons. The van der Waals surface area contributed by atoms with Crippen LogP contribution in [0.25, 0.3) is 11.1 Å². The van der Waals surface area contributed by atoms with Crippen LogP contribution >= 0.6 is 0 Å². The van der Waals surface area contributed by atoms with Crippen molar-refractivity contribution in [3.8, 4) is 16.9 Å². The number of rotatable bonds is 7. The van der Waals surface area contributed by atoms with Crippen LogP contribution in [0.1, 0.15) is 88.9 Å². The van der Waals surface area contributed by atoms with E-state index in [1.807, 2.05) is 12.2 Å². The molecule has 2 saturated heterocycles. The van der Waals surface area contributed by atoms with Crippen molar-refractivity contribution in [2.45, 2.75) is 101 Å². The van der Waals surface area contributed by atoms with Gasteiger partial charge in [-0.3, -0.25) is 28.7 Å². The monoisotopic (exact) mass is 806 g/mol. The molecule has 5 aliphatic rings. The van der Waals surface area contributed by atoms with Gasteiger partial charge in [0.15, 0.2) is 11.6 Å². The van der Waals surface area contributed by atoms with E-state index < -0.39 is 79.6 Å². The van der Waals surface area contributed by atoms with E-state index in [2.05, 4.69) is 10.0 Å². The first-order valence-corrected chi connectivity index (χ1v) is 21.5. The largest absolute Gasteiger partial charge is 0.505 e. The number of phenolic OH excluding ortho intramolecular Hbond substituents is 1. The molecule has 4 fully saturated rings. The van der Waals surface area contributed by atoms with Crippen molar-refractivity contribution >= 4 is 39.6 Å². The number of nitrogens with zero attached hydrogens (tertiary/aromatic N) is 2. The zero-order valence-electron chi connectivity index (χ0n) is 32.5. The number of carbonyl (C=O) groups excluding carboxylic acids is 5. The summed E-state index contributed by atoms with van der Waals surface area (Å²) < 4.78 is 47.8. The number of halogens is 1. The summed E-state index contributed by atoms with van der Waals surface area (Å²) in [6.07, 6.45) is 8.04. The number of esters is 1. The summed E-state index contributed by atoms with van der Waals surface area (Å²) in [5, 5.41) is 11.9. The lowest BCUT2D eigenvalue weighted by molar-refractivity contribution is -0.159. The minimum Gasteiger partial charge on any atom is -0.505 e. The highest BCUT2D eigenvalue weighted by Gasteiger charge is 2.63. The topological polar surface area (TPSA) is 179 Å². The molecular weight excluding hydrogens is 756 g/mol. The smallest absolute Gasteiger partial charge is 0.307 e. The number of phenols is 1. The zero-order chi connectivity index (χ0) is 40.9. The number of sulfonamides is 1. The number of aromatic hydroxyl groups is 1. The normalized spacial score (nSPS) is 28.5. The van der Waals surface area contributed by atoms with E-state index in [1.54, 1.807) is 56.0 Å². The van der Waals surface area contributed by atoms with Crippen LogP contribution in [0.5, 0.6) is 5.75 Å². The fourth-order valence-electron chi connectivity index (χ4n) is 8.65. The Morgan fingerprint density at radius 1 is 1.00 bits per heavy atom. The van der Waals surface area contributed by atoms with Crippen LogP contribution in [0.15, 0.2) is 54.6 Å². The quantitative estimate of drug-likeness (QED) is 0.269. The summed E-state index contributed by atoms with van der Waals surface area (Å²) in [7, 11) is -3.93. The molecule has 7 rings (SSSR count). The molecular formula is C42H51FN4O9S. The second-order valence-corrected chi connectivity index (χ2v) is 19.3. The number of nitrogens with one attached hydrogen (secondary N) is 2. The van der Waals surface area contributed by atoms with Crippen molar-refractivity contribution < 1.29 is 46.6 Å². The van der Waals surface area contributed by atoms with Crippen molar-refractivity contribution in [1.29, 1.82) is 0 Å². The Hall–Kier alpha value is -4.79. The maximum Gasteiger partial charge on any atom is 0.307 e. The SMILES string of the molecule is CC(C)(C)OC(=O)C[C@H]1CCCCC/C=C\[C@@H]2C[C@@]2(C(=O)NS(=O)(=O)C2CC2)NC(=O)[C@@H]2[C@H]3CN(C(=O)c4cccc(-c5ccc(O)c(F)c5)c4)C[C@H]3CN2C1=O. The number of carbonyl (C=O) groups is 5. The first-order chi connectivity index (χ1) is 27.0. The maximum absolute atomic E-state index is 14.7. The summed E-state index contributed by atoms with van der Waals surface area (Å²) in [5.74, 6) is -6.02. The number of amides is 4. The van der Waals surface area contributed by atoms with Crippen LogP contribution in [0.3, 0.4) is 0 Å². The standard InChI is InChI=1S/C42H51FN4O9S/c1-41(2,3)56-35(49)20-28-10-7-5-4-6-8-13-30-21-42(30,40(53)45-57(54,55)31-15-16-31)44-37(50)36-32-24-46(22-29(32)23-47(36)39(28)52)38(51)27-12-9-11-25(18-27)26-14-17-34(48)33(43)19-26/h8-9,11-14,17-19,28-32,36,48H,4-7,10,15-16,20-24H2,1-3H3,(H,44,50)(H,45,53)/b13-8-/t28-,29+,30-,32+,36+,42-/m1/s1. The molecule has 0 spiro atoms. The first-order valence-electron chi connectivity index (χ1n) is 19.9. The summed E-state index contributed by atoms with van der Waals surface area (Å²) in [6, 6.07) is 9.53. The number of hydrogen-bond acceptors (Lipinski definition) is 9. The molecule has 3 heterocycles. The molecule has 6 atom stereocenters. The van der Waals surface area contributed by atoms with Crippen molar-refractivity contribution in [2.24, 2.45) is 23.7 Å². The fourth-order valence-corrected chi connectivity index (χ4v) is 10.0. The molecule has 306 valence electrons. The van der Waals surface area contributed by atoms with Gasteiger partial charge in [-0.15, -0.1) is 0 Å². The van der Waals surface area contributed by atoms with E-state index >= 15 is 0 Å². The molecule has 3 N–H and O–H groups in total. The van der Waals surface area contributed by atoms with Gasteiger partial charge in [0.2, 0.25) is 21.8 Å². The van der Waals surface area contributed by atoms with Gasteiger partial charge in [0.1, 0.15) is 17.2 Å². The molecule has 3 aliphatic heterocycles. The van der Waals surface area contributed by atoms with E-state index in [4.69, 9.17) is 4.74 Å². The Morgan fingerprint density at radius 2 is 1.75 bits per heavy atom. The lowest BCUT2D eigenvalue weighted by Crippen LogP contribution is -2.58. The van der Waals surface area contributed by atoms with Gasteiger partial charge in [0.25, 0.3) is 11.8 Å². The second kappa shape index (κ2) is 15.5. The van der Waals surface area contributed by atoms with Crippen molar-refractivity contribution in [3.05, 3.63) is 66.0 Å². The lowest BCUT2D eigenvalue weighted by Gasteiger charge is -2.33. The van der Waals surface area contributed by atoms with Crippen LogP contribution in [-0.2, 0) is 33.9 Å². The molecule has 57 heavy (non-hydrogen) atoms. The summed E-state index contributed by atoms with van der Waals surface area (Å²) >= 11 is 0. The van der Waals surface area contributed by atoms with Gasteiger partial charge < -0.3 is 25.0 Å². The summed E-state index contributed by atoms with van der Waals surface area (Å²) in [5.41, 5.74) is -0.943. The maximum atomic E-state index is 14.7. The predicted molar refractivity (Wildman–Crippen MR) is 207 cm³/mol. The van der Waals surface area contributed by atoms with Gasteiger partial charge >= 0.3 is 5.97 Å². The zero-order valence-corrected chi connectivity index (χ0v) is 33.4. The minimum atomic E-state index is -3.93. The van der Waals surface area contributed by atoms with Gasteiger partial charge in [-0.05, 0) is 94.7 Å². The number of allylic oxidation sites excluding steroid dienone is 1. The second-order valence-electron chi connectivity index (χ2n) is 17.3. The first kappa shape index (κ1) is 40.4. The van der Waals surface area contributed by atoms with Gasteiger partial charge in [0, 0.05) is 48.9 Å². The molecule has 4 amide bonds. The van der Waals surface area contributed by atoms with Crippen LogP contribution in [0.2, 0.25) is 0 Å². The number of fused-ring (bicyclic) bond motifs is 4. The Kier molecular flexibility index (Phi) is 11.0. The minimum absolute atomic E-state index is 0.110. The van der Waals surface area contributed by atoms with Crippen LogP contribution < -0.4 is 10.0 Å². The molecule has 0 bridgehead atoms. The van der Waals surface area contributed by atoms with Crippen LogP contribution in [0.4, 0.5) is 4.39 Å². The van der Waals surface area contributed by atoms with E-state index in [9.17, 15) is 41.9 Å². The van der Waals surface area contributed by atoms with Crippen molar-refractivity contribution in [3.63, 3.8) is 0 Å². The molecule has 15 heteroatoms. The molecule has 2 aliphatic carbocycles. The van der Waals surface area contributed by atoms with E-state index in [-0.39, 0.29) is 50.2 Å². The fraction of sp³-hybridized carbons (Fsp3) is 0.548. The van der Waals surface area contributed by atoms with E-state index in [0.717, 1.165) is 12.8 Å². The van der Waals surface area contributed by atoms with E-state index in [0.29, 0.717) is 48.8 Å². The Bertz CT molecular complexity index is 2100. The van der Waals surface area contributed by atoms with Gasteiger partial charge in [-0.2, -0.15) is 0 Å². The number of benzene rings is 2. The average molecular weight is 807 g/mol. The highest BCUT2D eigenvalue weighted by Crippen LogP contribution is 2.47. The van der Waals surface area contributed by atoms with E-state index in [1.165, 1.54) is 17.0 Å². The summed E-state index contributed by atoms with van der Waals surface area (Å²) in [6.45, 7) is 5.72. The third-order valence-corrected chi connectivity index (χ3v) is 13.7. The molecule has 2 saturated carbocycles. The van der Waals surface area contributed by atoms with Gasteiger partial charge in [-0.25, -0.2) is 12.8 Å². The molecule has 2 aromatic carbocycles. The summed E-state index contributed by atoms with van der Waals surface area (Å²) in [4.78, 5) is 73.4. The average Bonchev–Trinajstić information content (AvgIpc) is 4.04. The van der Waals surface area contributed by atoms with Crippen LogP contribution in [-0.4, -0.2) is 95.0 Å². The molecule has 13 nitrogen and oxygen atoms in total. The number of hydrogen-bond donors (Lipinski definition) is 3.